The van der Waals surface area contributed by atoms with Crippen LogP contribution in [0.4, 0.5) is 11.4 Å². The Morgan fingerprint density at radius 1 is 0.960 bits per heavy atom. The third kappa shape index (κ3) is 3.29. The van der Waals surface area contributed by atoms with Crippen molar-refractivity contribution in [2.75, 3.05) is 5.32 Å². The van der Waals surface area contributed by atoms with Crippen molar-refractivity contribution in [2.45, 2.75) is 47.9 Å². The van der Waals surface area contributed by atoms with Gasteiger partial charge < -0.3 is 10.6 Å². The lowest BCUT2D eigenvalue weighted by Gasteiger charge is -2.24. The number of anilines is 2. The first-order chi connectivity index (χ1) is 12.2. The van der Waals surface area contributed by atoms with Gasteiger partial charge in [-0.2, -0.15) is 0 Å². The third-order valence-corrected chi connectivity index (χ3v) is 5.92. The molecule has 2 aromatic carbocycles. The topological polar surface area (TPSA) is 58.2 Å². The standard InChI is InChI=1S/C20H20N2O2S/c23-19(20(24)21-13-7-2-1-3-8-13)14-9-6-12-17-18(14)22-15-10-4-5-11-16(15)25-17/h4-6,9-13,22H,1-3,7-8H2,(H,21,24). The fraction of sp³-hybridized carbons (Fsp3) is 0.300. The molecule has 0 atom stereocenters. The summed E-state index contributed by atoms with van der Waals surface area (Å²) in [4.78, 5) is 27.3. The third-order valence-electron chi connectivity index (χ3n) is 4.78. The molecule has 0 radical (unpaired) electrons. The van der Waals surface area contributed by atoms with Crippen molar-refractivity contribution in [3.63, 3.8) is 0 Å². The molecule has 4 nitrogen and oxygen atoms in total. The van der Waals surface area contributed by atoms with Crippen LogP contribution in [0.1, 0.15) is 42.5 Å². The number of carbonyl (C=O) groups is 2. The highest BCUT2D eigenvalue weighted by molar-refractivity contribution is 7.99. The number of rotatable bonds is 3. The number of fused-ring (bicyclic) bond motifs is 2. The predicted molar refractivity (Wildman–Crippen MR) is 99.6 cm³/mol. The summed E-state index contributed by atoms with van der Waals surface area (Å²) in [6, 6.07) is 13.6. The number of benzene rings is 2. The SMILES string of the molecule is O=C(NC1CCCCC1)C(=O)c1cccc2c1Nc1ccccc1S2. The summed E-state index contributed by atoms with van der Waals surface area (Å²) in [7, 11) is 0. The monoisotopic (exact) mass is 352 g/mol. The molecule has 4 rings (SSSR count). The lowest BCUT2D eigenvalue weighted by Crippen LogP contribution is -2.40. The van der Waals surface area contributed by atoms with E-state index < -0.39 is 11.7 Å². The Kier molecular flexibility index (Phi) is 4.49. The van der Waals surface area contributed by atoms with E-state index in [1.165, 1.54) is 6.42 Å². The summed E-state index contributed by atoms with van der Waals surface area (Å²) >= 11 is 1.62. The largest absolute Gasteiger partial charge is 0.353 e. The summed E-state index contributed by atoms with van der Waals surface area (Å²) in [6.07, 6.45) is 5.39. The van der Waals surface area contributed by atoms with Crippen LogP contribution in [-0.4, -0.2) is 17.7 Å². The first-order valence-corrected chi connectivity index (χ1v) is 9.56. The van der Waals surface area contributed by atoms with E-state index >= 15 is 0 Å². The van der Waals surface area contributed by atoms with Crippen LogP contribution in [-0.2, 0) is 4.79 Å². The van der Waals surface area contributed by atoms with Crippen LogP contribution in [0.15, 0.2) is 52.3 Å². The Hall–Kier alpha value is -2.27. The molecule has 2 N–H and O–H groups in total. The van der Waals surface area contributed by atoms with Crippen LogP contribution in [0.3, 0.4) is 0 Å². The molecule has 0 saturated heterocycles. The molecule has 0 bridgehead atoms. The van der Waals surface area contributed by atoms with Gasteiger partial charge in [-0.3, -0.25) is 9.59 Å². The van der Waals surface area contributed by atoms with Crippen molar-refractivity contribution in [3.8, 4) is 0 Å². The molecule has 25 heavy (non-hydrogen) atoms. The lowest BCUT2D eigenvalue weighted by molar-refractivity contribution is -0.117. The van der Waals surface area contributed by atoms with Crippen molar-refractivity contribution in [1.82, 2.24) is 5.32 Å². The lowest BCUT2D eigenvalue weighted by atomic mass is 9.95. The van der Waals surface area contributed by atoms with Gasteiger partial charge in [0.05, 0.1) is 16.9 Å². The van der Waals surface area contributed by atoms with E-state index in [-0.39, 0.29) is 6.04 Å². The number of ketones is 1. The quantitative estimate of drug-likeness (QED) is 0.537. The van der Waals surface area contributed by atoms with Gasteiger partial charge in [0.1, 0.15) is 0 Å². The van der Waals surface area contributed by atoms with Gasteiger partial charge in [0.2, 0.25) is 0 Å². The Labute approximate surface area is 151 Å². The second kappa shape index (κ2) is 6.92. The van der Waals surface area contributed by atoms with Gasteiger partial charge in [-0.25, -0.2) is 0 Å². The summed E-state index contributed by atoms with van der Waals surface area (Å²) in [6.45, 7) is 0. The molecule has 1 aliphatic heterocycles. The molecular weight excluding hydrogens is 332 g/mol. The van der Waals surface area contributed by atoms with Crippen molar-refractivity contribution < 1.29 is 9.59 Å². The average molecular weight is 352 g/mol. The zero-order valence-corrected chi connectivity index (χ0v) is 14.7. The van der Waals surface area contributed by atoms with Gasteiger partial charge in [-0.05, 0) is 37.1 Å². The van der Waals surface area contributed by atoms with E-state index in [1.54, 1.807) is 17.8 Å². The first-order valence-electron chi connectivity index (χ1n) is 8.74. The molecule has 128 valence electrons. The Morgan fingerprint density at radius 3 is 2.56 bits per heavy atom. The molecule has 0 unspecified atom stereocenters. The zero-order valence-electron chi connectivity index (χ0n) is 13.9. The average Bonchev–Trinajstić information content (AvgIpc) is 2.66. The summed E-state index contributed by atoms with van der Waals surface area (Å²) < 4.78 is 0. The molecule has 2 aliphatic rings. The van der Waals surface area contributed by atoms with E-state index in [9.17, 15) is 9.59 Å². The maximum atomic E-state index is 12.7. The van der Waals surface area contributed by atoms with Gasteiger partial charge in [0, 0.05) is 15.8 Å². The first kappa shape index (κ1) is 16.2. The number of nitrogens with one attached hydrogen (secondary N) is 2. The van der Waals surface area contributed by atoms with Crippen LogP contribution in [0.25, 0.3) is 0 Å². The van der Waals surface area contributed by atoms with Crippen LogP contribution in [0.5, 0.6) is 0 Å². The molecule has 1 saturated carbocycles. The molecule has 5 heteroatoms. The van der Waals surface area contributed by atoms with Gasteiger partial charge in [0.15, 0.2) is 0 Å². The number of hydrogen-bond donors (Lipinski definition) is 2. The Bertz CT molecular complexity index is 828. The Morgan fingerprint density at radius 2 is 1.72 bits per heavy atom. The van der Waals surface area contributed by atoms with Crippen LogP contribution in [0, 0.1) is 0 Å². The maximum absolute atomic E-state index is 12.7. The summed E-state index contributed by atoms with van der Waals surface area (Å²) in [5.41, 5.74) is 2.13. The molecule has 1 aliphatic carbocycles. The molecule has 0 spiro atoms. The van der Waals surface area contributed by atoms with E-state index in [4.69, 9.17) is 0 Å². The van der Waals surface area contributed by atoms with Crippen LogP contribution in [0.2, 0.25) is 0 Å². The molecule has 0 aromatic heterocycles. The number of para-hydroxylation sites is 2. The highest BCUT2D eigenvalue weighted by Gasteiger charge is 2.26. The maximum Gasteiger partial charge on any atom is 0.292 e. The molecule has 1 heterocycles. The number of Topliss-reactive ketones (excluding diaryl/α,β-unsaturated/α-hetero) is 1. The van der Waals surface area contributed by atoms with Crippen molar-refractivity contribution >= 4 is 34.8 Å². The summed E-state index contributed by atoms with van der Waals surface area (Å²) in [5.74, 6) is -0.958. The Balaban J connectivity index is 1.57. The molecule has 2 aromatic rings. The zero-order chi connectivity index (χ0) is 17.2. The van der Waals surface area contributed by atoms with Crippen molar-refractivity contribution in [3.05, 3.63) is 48.0 Å². The fourth-order valence-electron chi connectivity index (χ4n) is 3.47. The van der Waals surface area contributed by atoms with Gasteiger partial charge in [-0.1, -0.05) is 49.2 Å². The molecule has 1 amide bonds. The van der Waals surface area contributed by atoms with Crippen LogP contribution < -0.4 is 10.6 Å². The van der Waals surface area contributed by atoms with Crippen molar-refractivity contribution in [1.29, 1.82) is 0 Å². The highest BCUT2D eigenvalue weighted by Crippen LogP contribution is 2.45. The minimum Gasteiger partial charge on any atom is -0.353 e. The number of hydrogen-bond acceptors (Lipinski definition) is 4. The second-order valence-corrected chi connectivity index (χ2v) is 7.62. The second-order valence-electron chi connectivity index (χ2n) is 6.54. The smallest absolute Gasteiger partial charge is 0.292 e. The molecule has 1 fully saturated rings. The number of amides is 1. The predicted octanol–water partition coefficient (Wildman–Crippen LogP) is 4.53. The number of carbonyl (C=O) groups excluding carboxylic acids is 2. The fourth-order valence-corrected chi connectivity index (χ4v) is 4.49. The van der Waals surface area contributed by atoms with Crippen molar-refractivity contribution in [2.24, 2.45) is 0 Å². The van der Waals surface area contributed by atoms with E-state index in [1.807, 2.05) is 36.4 Å². The van der Waals surface area contributed by atoms with E-state index in [2.05, 4.69) is 10.6 Å². The van der Waals surface area contributed by atoms with Gasteiger partial charge in [-0.15, -0.1) is 0 Å². The normalized spacial score (nSPS) is 16.3. The minimum atomic E-state index is -0.494. The highest BCUT2D eigenvalue weighted by atomic mass is 32.2. The van der Waals surface area contributed by atoms with E-state index in [0.29, 0.717) is 5.56 Å². The van der Waals surface area contributed by atoms with Gasteiger partial charge >= 0.3 is 0 Å². The van der Waals surface area contributed by atoms with E-state index in [0.717, 1.165) is 46.8 Å². The van der Waals surface area contributed by atoms with Gasteiger partial charge in [0.25, 0.3) is 11.7 Å². The summed E-state index contributed by atoms with van der Waals surface area (Å²) in [5, 5.41) is 6.25. The minimum absolute atomic E-state index is 0.132. The molecular formula is C20H20N2O2S. The van der Waals surface area contributed by atoms with Crippen LogP contribution >= 0.6 is 11.8 Å².